The largest absolute Gasteiger partial charge is 0.493 e. The Morgan fingerprint density at radius 1 is 1.39 bits per heavy atom. The van der Waals surface area contributed by atoms with Crippen molar-refractivity contribution in [1.29, 1.82) is 0 Å². The van der Waals surface area contributed by atoms with Crippen molar-refractivity contribution in [2.75, 3.05) is 13.2 Å². The van der Waals surface area contributed by atoms with E-state index in [2.05, 4.69) is 17.0 Å². The van der Waals surface area contributed by atoms with Crippen LogP contribution in [-0.2, 0) is 17.8 Å². The lowest BCUT2D eigenvalue weighted by atomic mass is 10.0. The zero-order valence-corrected chi connectivity index (χ0v) is 14.6. The summed E-state index contributed by atoms with van der Waals surface area (Å²) in [4.78, 5) is 14.8. The van der Waals surface area contributed by atoms with Crippen LogP contribution in [0, 0.1) is 5.92 Å². The van der Waals surface area contributed by atoms with Gasteiger partial charge in [0.15, 0.2) is 0 Å². The molecule has 3 rings (SSSR count). The van der Waals surface area contributed by atoms with Gasteiger partial charge in [0.25, 0.3) is 0 Å². The van der Waals surface area contributed by atoms with Crippen LogP contribution < -0.4 is 10.5 Å². The standard InChI is InChI=1S/C18H26N2O2.ClH/c1-13(11-19)18(21)20(16-4-2-3-5-16)12-14-6-7-17-15(10-14)8-9-22-17;/h6-7,10,13,16H,2-5,8-9,11-12,19H2,1H3;1H. The van der Waals surface area contributed by atoms with E-state index in [0.717, 1.165) is 31.6 Å². The Labute approximate surface area is 144 Å². The number of carbonyl (C=O) groups excluding carboxylic acids is 1. The fourth-order valence-electron chi connectivity index (χ4n) is 3.52. The average Bonchev–Trinajstić information content (AvgIpc) is 3.21. The molecule has 0 radical (unpaired) electrons. The summed E-state index contributed by atoms with van der Waals surface area (Å²) in [6, 6.07) is 6.71. The van der Waals surface area contributed by atoms with E-state index in [1.807, 2.05) is 13.0 Å². The summed E-state index contributed by atoms with van der Waals surface area (Å²) >= 11 is 0. The predicted molar refractivity (Wildman–Crippen MR) is 93.9 cm³/mol. The normalized spacial score (nSPS) is 18.0. The summed E-state index contributed by atoms with van der Waals surface area (Å²) in [5, 5.41) is 0. The van der Waals surface area contributed by atoms with E-state index in [4.69, 9.17) is 10.5 Å². The molecule has 1 heterocycles. The molecule has 23 heavy (non-hydrogen) atoms. The molecular weight excluding hydrogens is 312 g/mol. The van der Waals surface area contributed by atoms with Crippen LogP contribution in [0.2, 0.25) is 0 Å². The third-order valence-electron chi connectivity index (χ3n) is 4.93. The van der Waals surface area contributed by atoms with Gasteiger partial charge in [0, 0.05) is 31.5 Å². The minimum absolute atomic E-state index is 0. The van der Waals surface area contributed by atoms with Gasteiger partial charge in [-0.2, -0.15) is 0 Å². The lowest BCUT2D eigenvalue weighted by Gasteiger charge is -2.31. The summed E-state index contributed by atoms with van der Waals surface area (Å²) < 4.78 is 5.56. The molecule has 1 unspecified atom stereocenters. The summed E-state index contributed by atoms with van der Waals surface area (Å²) in [5.74, 6) is 1.10. The minimum atomic E-state index is -0.0987. The lowest BCUT2D eigenvalue weighted by Crippen LogP contribution is -2.43. The van der Waals surface area contributed by atoms with Crippen LogP contribution in [0.4, 0.5) is 0 Å². The van der Waals surface area contributed by atoms with Crippen molar-refractivity contribution in [2.24, 2.45) is 11.7 Å². The minimum Gasteiger partial charge on any atom is -0.493 e. The third-order valence-corrected chi connectivity index (χ3v) is 4.93. The maximum atomic E-state index is 12.7. The number of amides is 1. The molecule has 2 N–H and O–H groups in total. The number of fused-ring (bicyclic) bond motifs is 1. The van der Waals surface area contributed by atoms with Crippen LogP contribution in [0.1, 0.15) is 43.7 Å². The molecule has 0 bridgehead atoms. The van der Waals surface area contributed by atoms with Gasteiger partial charge in [-0.25, -0.2) is 0 Å². The molecule has 1 amide bonds. The summed E-state index contributed by atoms with van der Waals surface area (Å²) in [7, 11) is 0. The molecule has 0 aromatic heterocycles. The van der Waals surface area contributed by atoms with Crippen LogP contribution in [0.3, 0.4) is 0 Å². The van der Waals surface area contributed by atoms with Gasteiger partial charge in [-0.15, -0.1) is 12.4 Å². The first-order chi connectivity index (χ1) is 10.7. The fourth-order valence-corrected chi connectivity index (χ4v) is 3.52. The van der Waals surface area contributed by atoms with Gasteiger partial charge >= 0.3 is 0 Å². The zero-order chi connectivity index (χ0) is 15.5. The van der Waals surface area contributed by atoms with Crippen LogP contribution in [0.5, 0.6) is 5.75 Å². The Kier molecular flexibility index (Phi) is 6.31. The van der Waals surface area contributed by atoms with Gasteiger partial charge in [-0.3, -0.25) is 4.79 Å². The maximum Gasteiger partial charge on any atom is 0.227 e. The second-order valence-corrected chi connectivity index (χ2v) is 6.58. The van der Waals surface area contributed by atoms with Gasteiger partial charge in [0.2, 0.25) is 5.91 Å². The van der Waals surface area contributed by atoms with Crippen molar-refractivity contribution in [1.82, 2.24) is 4.90 Å². The topological polar surface area (TPSA) is 55.6 Å². The molecular formula is C18H27ClN2O2. The zero-order valence-electron chi connectivity index (χ0n) is 13.8. The van der Waals surface area contributed by atoms with Gasteiger partial charge < -0.3 is 15.4 Å². The first-order valence-electron chi connectivity index (χ1n) is 8.44. The summed E-state index contributed by atoms with van der Waals surface area (Å²) in [6.45, 7) is 3.82. The number of nitrogens with zero attached hydrogens (tertiary/aromatic N) is 1. The molecule has 1 atom stereocenters. The van der Waals surface area contributed by atoms with Crippen LogP contribution >= 0.6 is 12.4 Å². The van der Waals surface area contributed by atoms with Gasteiger partial charge in [-0.05, 0) is 30.0 Å². The number of hydrogen-bond acceptors (Lipinski definition) is 3. The van der Waals surface area contributed by atoms with E-state index in [1.54, 1.807) is 0 Å². The number of benzene rings is 1. The monoisotopic (exact) mass is 338 g/mol. The molecule has 128 valence electrons. The van der Waals surface area contributed by atoms with Gasteiger partial charge in [0.1, 0.15) is 5.75 Å². The second-order valence-electron chi connectivity index (χ2n) is 6.58. The Hall–Kier alpha value is -1.26. The molecule has 1 aliphatic heterocycles. The summed E-state index contributed by atoms with van der Waals surface area (Å²) in [5.41, 5.74) is 8.18. The first kappa shape index (κ1) is 18.1. The number of ether oxygens (including phenoxy) is 1. The molecule has 2 aliphatic rings. The quantitative estimate of drug-likeness (QED) is 0.898. The SMILES string of the molecule is CC(CN)C(=O)N(Cc1ccc2c(c1)CCO2)C1CCCC1.Cl. The first-order valence-corrected chi connectivity index (χ1v) is 8.44. The molecule has 1 aromatic carbocycles. The van der Waals surface area contributed by atoms with E-state index in [9.17, 15) is 4.79 Å². The fraction of sp³-hybridized carbons (Fsp3) is 0.611. The Morgan fingerprint density at radius 3 is 2.83 bits per heavy atom. The molecule has 5 heteroatoms. The van der Waals surface area contributed by atoms with Crippen LogP contribution in [0.25, 0.3) is 0 Å². The molecule has 1 saturated carbocycles. The number of rotatable bonds is 5. The molecule has 4 nitrogen and oxygen atoms in total. The molecule has 1 aromatic rings. The molecule has 1 fully saturated rings. The highest BCUT2D eigenvalue weighted by Gasteiger charge is 2.29. The molecule has 1 aliphatic carbocycles. The highest BCUT2D eigenvalue weighted by atomic mass is 35.5. The Morgan fingerprint density at radius 2 is 2.13 bits per heavy atom. The Balaban J connectivity index is 0.00000192. The summed E-state index contributed by atoms with van der Waals surface area (Å²) in [6.07, 6.45) is 5.67. The molecule has 0 spiro atoms. The van der Waals surface area contributed by atoms with Crippen molar-refractivity contribution in [2.45, 2.75) is 51.6 Å². The van der Waals surface area contributed by atoms with Gasteiger partial charge in [0.05, 0.1) is 6.61 Å². The van der Waals surface area contributed by atoms with Crippen molar-refractivity contribution in [3.63, 3.8) is 0 Å². The van der Waals surface area contributed by atoms with E-state index in [-0.39, 0.29) is 24.2 Å². The second kappa shape index (κ2) is 8.02. The highest BCUT2D eigenvalue weighted by Crippen LogP contribution is 2.29. The van der Waals surface area contributed by atoms with Crippen molar-refractivity contribution in [3.05, 3.63) is 29.3 Å². The highest BCUT2D eigenvalue weighted by molar-refractivity contribution is 5.85. The van der Waals surface area contributed by atoms with Gasteiger partial charge in [-0.1, -0.05) is 31.9 Å². The van der Waals surface area contributed by atoms with E-state index >= 15 is 0 Å². The molecule has 0 saturated heterocycles. The van der Waals surface area contributed by atoms with Crippen LogP contribution in [-0.4, -0.2) is 30.0 Å². The lowest BCUT2D eigenvalue weighted by molar-refractivity contribution is -0.137. The van der Waals surface area contributed by atoms with Crippen molar-refractivity contribution >= 4 is 18.3 Å². The van der Waals surface area contributed by atoms with Crippen molar-refractivity contribution < 1.29 is 9.53 Å². The number of halogens is 1. The Bertz CT molecular complexity index is 544. The van der Waals surface area contributed by atoms with E-state index in [1.165, 1.54) is 24.0 Å². The van der Waals surface area contributed by atoms with Crippen LogP contribution in [0.15, 0.2) is 18.2 Å². The maximum absolute atomic E-state index is 12.7. The van der Waals surface area contributed by atoms with Crippen molar-refractivity contribution in [3.8, 4) is 5.75 Å². The third kappa shape index (κ3) is 3.99. The number of hydrogen-bond donors (Lipinski definition) is 1. The average molecular weight is 339 g/mol. The number of carbonyl (C=O) groups is 1. The van der Waals surface area contributed by atoms with E-state index in [0.29, 0.717) is 19.1 Å². The predicted octanol–water partition coefficient (Wildman–Crippen LogP) is 2.91. The number of nitrogens with two attached hydrogens (primary N) is 1. The smallest absolute Gasteiger partial charge is 0.227 e. The van der Waals surface area contributed by atoms with E-state index < -0.39 is 0 Å².